The van der Waals surface area contributed by atoms with Crippen LogP contribution in [0.3, 0.4) is 0 Å². The van der Waals surface area contributed by atoms with Gasteiger partial charge in [-0.1, -0.05) is 6.92 Å². The van der Waals surface area contributed by atoms with E-state index in [1.54, 1.807) is 0 Å². The third-order valence-electron chi connectivity index (χ3n) is 3.70. The van der Waals surface area contributed by atoms with E-state index in [0.29, 0.717) is 24.3 Å². The van der Waals surface area contributed by atoms with Crippen LogP contribution in [0, 0.1) is 0 Å². The molecule has 0 radical (unpaired) electrons. The minimum absolute atomic E-state index is 0.248. The first-order valence-electron chi connectivity index (χ1n) is 7.48. The van der Waals surface area contributed by atoms with Gasteiger partial charge in [0.05, 0.1) is 12.2 Å². The van der Waals surface area contributed by atoms with E-state index in [-0.39, 0.29) is 5.97 Å². The van der Waals surface area contributed by atoms with Crippen LogP contribution in [-0.4, -0.2) is 24.7 Å². The van der Waals surface area contributed by atoms with Crippen molar-refractivity contribution in [1.29, 1.82) is 0 Å². The molecular weight excluding hydrogens is 252 g/mol. The molecule has 1 aliphatic rings. The lowest BCUT2D eigenvalue weighted by Crippen LogP contribution is -2.32. The number of hydrogen-bond donors (Lipinski definition) is 2. The normalized spacial score (nSPS) is 22.3. The van der Waals surface area contributed by atoms with E-state index in [9.17, 15) is 4.79 Å². The maximum absolute atomic E-state index is 11.7. The molecule has 20 heavy (non-hydrogen) atoms. The summed E-state index contributed by atoms with van der Waals surface area (Å²) >= 11 is 0. The minimum Gasteiger partial charge on any atom is -0.462 e. The second-order valence-electron chi connectivity index (χ2n) is 5.47. The van der Waals surface area contributed by atoms with Crippen molar-refractivity contribution in [3.8, 4) is 0 Å². The van der Waals surface area contributed by atoms with Crippen LogP contribution in [-0.2, 0) is 4.74 Å². The highest BCUT2D eigenvalue weighted by Gasteiger charge is 2.18. The number of nitrogens with two attached hydrogens (primary N) is 1. The van der Waals surface area contributed by atoms with Gasteiger partial charge in [0.1, 0.15) is 0 Å². The van der Waals surface area contributed by atoms with Crippen molar-refractivity contribution in [1.82, 2.24) is 0 Å². The molecule has 1 saturated carbocycles. The number of anilines is 1. The van der Waals surface area contributed by atoms with Crippen LogP contribution < -0.4 is 11.1 Å². The van der Waals surface area contributed by atoms with Crippen LogP contribution in [0.1, 0.15) is 49.4 Å². The van der Waals surface area contributed by atoms with Crippen LogP contribution in [0.15, 0.2) is 24.3 Å². The van der Waals surface area contributed by atoms with Gasteiger partial charge in [-0.25, -0.2) is 4.79 Å². The lowest BCUT2D eigenvalue weighted by atomic mass is 9.91. The van der Waals surface area contributed by atoms with E-state index in [0.717, 1.165) is 37.8 Å². The van der Waals surface area contributed by atoms with Gasteiger partial charge in [-0.05, 0) is 56.4 Å². The van der Waals surface area contributed by atoms with E-state index in [1.165, 1.54) is 0 Å². The lowest BCUT2D eigenvalue weighted by molar-refractivity contribution is 0.0505. The van der Waals surface area contributed by atoms with Gasteiger partial charge in [0.25, 0.3) is 0 Å². The number of rotatable bonds is 5. The molecule has 110 valence electrons. The Bertz CT molecular complexity index is 423. The molecule has 0 bridgehead atoms. The van der Waals surface area contributed by atoms with Gasteiger partial charge in [-0.3, -0.25) is 0 Å². The van der Waals surface area contributed by atoms with Crippen molar-refractivity contribution in [2.45, 2.75) is 51.1 Å². The molecule has 2 rings (SSSR count). The number of ether oxygens (including phenoxy) is 1. The summed E-state index contributed by atoms with van der Waals surface area (Å²) in [6.45, 7) is 2.46. The predicted molar refractivity (Wildman–Crippen MR) is 80.9 cm³/mol. The van der Waals surface area contributed by atoms with Crippen molar-refractivity contribution >= 4 is 11.7 Å². The first-order valence-corrected chi connectivity index (χ1v) is 7.48. The Kier molecular flexibility index (Phi) is 5.41. The fourth-order valence-corrected chi connectivity index (χ4v) is 2.48. The Morgan fingerprint density at radius 2 is 1.90 bits per heavy atom. The maximum Gasteiger partial charge on any atom is 0.338 e. The first-order chi connectivity index (χ1) is 9.69. The van der Waals surface area contributed by atoms with E-state index >= 15 is 0 Å². The predicted octanol–water partition coefficient (Wildman–Crippen LogP) is 2.94. The molecule has 0 amide bonds. The Labute approximate surface area is 120 Å². The minimum atomic E-state index is -0.248. The molecular formula is C16H24N2O2. The summed E-state index contributed by atoms with van der Waals surface area (Å²) < 4.78 is 5.11. The molecule has 1 aromatic carbocycles. The molecule has 0 heterocycles. The molecule has 1 aromatic rings. The van der Waals surface area contributed by atoms with Crippen molar-refractivity contribution in [2.24, 2.45) is 5.73 Å². The summed E-state index contributed by atoms with van der Waals surface area (Å²) in [5.74, 6) is -0.248. The number of hydrogen-bond acceptors (Lipinski definition) is 4. The van der Waals surface area contributed by atoms with Crippen molar-refractivity contribution in [3.05, 3.63) is 29.8 Å². The summed E-state index contributed by atoms with van der Waals surface area (Å²) in [5, 5.41) is 3.50. The third-order valence-corrected chi connectivity index (χ3v) is 3.70. The first kappa shape index (κ1) is 14.9. The van der Waals surface area contributed by atoms with Crippen LogP contribution in [0.25, 0.3) is 0 Å². The van der Waals surface area contributed by atoms with Crippen LogP contribution in [0.4, 0.5) is 5.69 Å². The summed E-state index contributed by atoms with van der Waals surface area (Å²) in [4.78, 5) is 11.7. The van der Waals surface area contributed by atoms with E-state index in [1.807, 2.05) is 31.2 Å². The van der Waals surface area contributed by atoms with Crippen LogP contribution in [0.5, 0.6) is 0 Å². The topological polar surface area (TPSA) is 64.3 Å². The van der Waals surface area contributed by atoms with Gasteiger partial charge in [-0.15, -0.1) is 0 Å². The number of nitrogens with one attached hydrogen (secondary N) is 1. The van der Waals surface area contributed by atoms with Gasteiger partial charge in [-0.2, -0.15) is 0 Å². The van der Waals surface area contributed by atoms with Crippen LogP contribution >= 0.6 is 0 Å². The monoisotopic (exact) mass is 276 g/mol. The summed E-state index contributed by atoms with van der Waals surface area (Å²) in [6, 6.07) is 8.37. The summed E-state index contributed by atoms with van der Waals surface area (Å²) in [6.07, 6.45) is 5.23. The summed E-state index contributed by atoms with van der Waals surface area (Å²) in [5.41, 5.74) is 7.56. The quantitative estimate of drug-likeness (QED) is 0.812. The molecule has 0 aliphatic heterocycles. The Balaban J connectivity index is 1.86. The molecule has 0 aromatic heterocycles. The molecule has 0 unspecified atom stereocenters. The van der Waals surface area contributed by atoms with Gasteiger partial charge in [0.2, 0.25) is 0 Å². The SMILES string of the molecule is CCCOC(=O)c1ccc(NC2CCC(N)CC2)cc1. The van der Waals surface area contributed by atoms with E-state index in [2.05, 4.69) is 5.32 Å². The molecule has 3 N–H and O–H groups in total. The molecule has 1 aliphatic carbocycles. The Hall–Kier alpha value is -1.55. The van der Waals surface area contributed by atoms with Crippen molar-refractivity contribution in [2.75, 3.05) is 11.9 Å². The fourth-order valence-electron chi connectivity index (χ4n) is 2.48. The van der Waals surface area contributed by atoms with Gasteiger partial charge in [0, 0.05) is 17.8 Å². The lowest BCUT2D eigenvalue weighted by Gasteiger charge is -2.27. The van der Waals surface area contributed by atoms with Crippen LogP contribution in [0.2, 0.25) is 0 Å². The highest BCUT2D eigenvalue weighted by Crippen LogP contribution is 2.21. The summed E-state index contributed by atoms with van der Waals surface area (Å²) in [7, 11) is 0. The Morgan fingerprint density at radius 3 is 2.50 bits per heavy atom. The molecule has 4 heteroatoms. The molecule has 0 spiro atoms. The molecule has 0 atom stereocenters. The largest absolute Gasteiger partial charge is 0.462 e. The zero-order valence-electron chi connectivity index (χ0n) is 12.1. The van der Waals surface area contributed by atoms with E-state index < -0.39 is 0 Å². The molecule has 0 saturated heterocycles. The average molecular weight is 276 g/mol. The zero-order valence-corrected chi connectivity index (χ0v) is 12.1. The maximum atomic E-state index is 11.7. The average Bonchev–Trinajstić information content (AvgIpc) is 2.48. The highest BCUT2D eigenvalue weighted by atomic mass is 16.5. The van der Waals surface area contributed by atoms with Gasteiger partial charge in [0.15, 0.2) is 0 Å². The number of carbonyl (C=O) groups excluding carboxylic acids is 1. The Morgan fingerprint density at radius 1 is 1.25 bits per heavy atom. The smallest absolute Gasteiger partial charge is 0.338 e. The standard InChI is InChI=1S/C16H24N2O2/c1-2-11-20-16(19)12-3-7-14(8-4-12)18-15-9-5-13(17)6-10-15/h3-4,7-8,13,15,18H,2,5-6,9-11,17H2,1H3. The highest BCUT2D eigenvalue weighted by molar-refractivity contribution is 5.89. The third kappa shape index (κ3) is 4.23. The van der Waals surface area contributed by atoms with Gasteiger partial charge < -0.3 is 15.8 Å². The number of esters is 1. The van der Waals surface area contributed by atoms with Gasteiger partial charge >= 0.3 is 5.97 Å². The molecule has 4 nitrogen and oxygen atoms in total. The second-order valence-corrected chi connectivity index (χ2v) is 5.47. The van der Waals surface area contributed by atoms with Crippen molar-refractivity contribution < 1.29 is 9.53 Å². The van der Waals surface area contributed by atoms with Crippen molar-refractivity contribution in [3.63, 3.8) is 0 Å². The van der Waals surface area contributed by atoms with E-state index in [4.69, 9.17) is 10.5 Å². The fraction of sp³-hybridized carbons (Fsp3) is 0.562. The number of benzene rings is 1. The molecule has 1 fully saturated rings. The zero-order chi connectivity index (χ0) is 14.4. The second kappa shape index (κ2) is 7.29. The number of carbonyl (C=O) groups is 1.